The molecule has 20 heavy (non-hydrogen) atoms. The Labute approximate surface area is 118 Å². The van der Waals surface area contributed by atoms with Crippen molar-refractivity contribution in [3.05, 3.63) is 30.3 Å². The maximum atomic E-state index is 4.35. The standard InChI is InChI=1S/C13H19N7/c1-19(2)12-14-11(15-13(16-12)20(3)4)18-17-10-8-6-5-7-9-10/h5-9,17H,1-4H3,(H,14,15,16,18). The fourth-order valence-electron chi connectivity index (χ4n) is 1.46. The highest BCUT2D eigenvalue weighted by molar-refractivity contribution is 5.50. The minimum absolute atomic E-state index is 0.469. The Hall–Kier alpha value is -2.57. The molecule has 0 saturated carbocycles. The normalized spacial score (nSPS) is 10.0. The van der Waals surface area contributed by atoms with Crippen molar-refractivity contribution in [1.29, 1.82) is 0 Å². The van der Waals surface area contributed by atoms with Gasteiger partial charge in [-0.25, -0.2) is 0 Å². The predicted octanol–water partition coefficient (Wildman–Crippen LogP) is 1.44. The van der Waals surface area contributed by atoms with Crippen molar-refractivity contribution < 1.29 is 0 Å². The molecule has 2 N–H and O–H groups in total. The first kappa shape index (κ1) is 13.9. The monoisotopic (exact) mass is 273 g/mol. The summed E-state index contributed by atoms with van der Waals surface area (Å²) in [6.45, 7) is 0. The third kappa shape index (κ3) is 3.47. The van der Waals surface area contributed by atoms with E-state index < -0.39 is 0 Å². The lowest BCUT2D eigenvalue weighted by atomic mass is 10.3. The van der Waals surface area contributed by atoms with Crippen LogP contribution in [0.2, 0.25) is 0 Å². The zero-order valence-corrected chi connectivity index (χ0v) is 12.1. The first-order valence-electron chi connectivity index (χ1n) is 6.24. The molecule has 0 aliphatic rings. The van der Waals surface area contributed by atoms with Gasteiger partial charge in [0.1, 0.15) is 0 Å². The van der Waals surface area contributed by atoms with E-state index in [-0.39, 0.29) is 0 Å². The molecule has 2 aromatic rings. The van der Waals surface area contributed by atoms with E-state index in [9.17, 15) is 0 Å². The highest BCUT2D eigenvalue weighted by Crippen LogP contribution is 2.13. The summed E-state index contributed by atoms with van der Waals surface area (Å²) in [6.07, 6.45) is 0. The highest BCUT2D eigenvalue weighted by atomic mass is 15.4. The maximum absolute atomic E-state index is 4.35. The molecule has 0 amide bonds. The SMILES string of the molecule is CN(C)c1nc(NNc2ccccc2)nc(N(C)C)n1. The molecule has 7 heteroatoms. The second kappa shape index (κ2) is 6.05. The zero-order valence-electron chi connectivity index (χ0n) is 12.1. The van der Waals surface area contributed by atoms with Gasteiger partial charge in [0, 0.05) is 28.2 Å². The molecule has 0 spiro atoms. The van der Waals surface area contributed by atoms with E-state index in [0.717, 1.165) is 5.69 Å². The van der Waals surface area contributed by atoms with Crippen molar-refractivity contribution in [2.24, 2.45) is 0 Å². The van der Waals surface area contributed by atoms with Gasteiger partial charge in [-0.2, -0.15) is 15.0 Å². The van der Waals surface area contributed by atoms with E-state index in [4.69, 9.17) is 0 Å². The van der Waals surface area contributed by atoms with Crippen molar-refractivity contribution in [3.8, 4) is 0 Å². The van der Waals surface area contributed by atoms with Crippen LogP contribution in [-0.2, 0) is 0 Å². The van der Waals surface area contributed by atoms with Crippen LogP contribution in [0.5, 0.6) is 0 Å². The van der Waals surface area contributed by atoms with Gasteiger partial charge in [0.25, 0.3) is 0 Å². The second-order valence-corrected chi connectivity index (χ2v) is 4.66. The van der Waals surface area contributed by atoms with Crippen molar-refractivity contribution >= 4 is 23.5 Å². The van der Waals surface area contributed by atoms with Gasteiger partial charge in [-0.05, 0) is 12.1 Å². The van der Waals surface area contributed by atoms with Crippen LogP contribution in [0.1, 0.15) is 0 Å². The summed E-state index contributed by atoms with van der Waals surface area (Å²) < 4.78 is 0. The van der Waals surface area contributed by atoms with E-state index in [1.54, 1.807) is 0 Å². The summed E-state index contributed by atoms with van der Waals surface area (Å²) in [6, 6.07) is 9.77. The van der Waals surface area contributed by atoms with Crippen LogP contribution in [0.3, 0.4) is 0 Å². The summed E-state index contributed by atoms with van der Waals surface area (Å²) in [5.74, 6) is 1.67. The molecule has 0 atom stereocenters. The maximum Gasteiger partial charge on any atom is 0.248 e. The molecular weight excluding hydrogens is 254 g/mol. The smallest absolute Gasteiger partial charge is 0.248 e. The summed E-state index contributed by atoms with van der Waals surface area (Å²) in [5.41, 5.74) is 6.98. The third-order valence-electron chi connectivity index (χ3n) is 2.50. The molecule has 7 nitrogen and oxygen atoms in total. The van der Waals surface area contributed by atoms with Crippen LogP contribution in [-0.4, -0.2) is 43.1 Å². The molecule has 1 heterocycles. The number of benzene rings is 1. The molecular formula is C13H19N7. The van der Waals surface area contributed by atoms with Gasteiger partial charge in [0.2, 0.25) is 17.8 Å². The molecule has 1 aromatic carbocycles. The Bertz CT molecular complexity index is 528. The number of hydrazine groups is 1. The van der Waals surface area contributed by atoms with Crippen molar-refractivity contribution in [2.75, 3.05) is 48.8 Å². The summed E-state index contributed by atoms with van der Waals surface area (Å²) in [5, 5.41) is 0. The lowest BCUT2D eigenvalue weighted by Crippen LogP contribution is -2.21. The fourth-order valence-corrected chi connectivity index (χ4v) is 1.46. The van der Waals surface area contributed by atoms with Gasteiger partial charge in [0.05, 0.1) is 5.69 Å². The molecule has 0 unspecified atom stereocenters. The minimum Gasteiger partial charge on any atom is -0.347 e. The lowest BCUT2D eigenvalue weighted by molar-refractivity contribution is 0.916. The van der Waals surface area contributed by atoms with Crippen LogP contribution < -0.4 is 20.7 Å². The number of anilines is 4. The number of hydrogen-bond donors (Lipinski definition) is 2. The second-order valence-electron chi connectivity index (χ2n) is 4.66. The van der Waals surface area contributed by atoms with E-state index in [0.29, 0.717) is 17.8 Å². The van der Waals surface area contributed by atoms with Crippen molar-refractivity contribution in [1.82, 2.24) is 15.0 Å². The number of hydrogen-bond acceptors (Lipinski definition) is 7. The molecule has 0 saturated heterocycles. The van der Waals surface area contributed by atoms with E-state index in [1.807, 2.05) is 68.3 Å². The Morgan fingerprint density at radius 3 is 1.80 bits per heavy atom. The molecule has 2 rings (SSSR count). The average Bonchev–Trinajstić information content (AvgIpc) is 2.45. The Morgan fingerprint density at radius 2 is 1.30 bits per heavy atom. The van der Waals surface area contributed by atoms with Gasteiger partial charge in [-0.15, -0.1) is 0 Å². The highest BCUT2D eigenvalue weighted by Gasteiger charge is 2.09. The predicted molar refractivity (Wildman–Crippen MR) is 82.2 cm³/mol. The first-order valence-corrected chi connectivity index (χ1v) is 6.24. The quantitative estimate of drug-likeness (QED) is 0.799. The fraction of sp³-hybridized carbons (Fsp3) is 0.308. The van der Waals surface area contributed by atoms with Crippen LogP contribution >= 0.6 is 0 Å². The van der Waals surface area contributed by atoms with Crippen LogP contribution in [0, 0.1) is 0 Å². The lowest BCUT2D eigenvalue weighted by Gasteiger charge is -2.17. The van der Waals surface area contributed by atoms with Gasteiger partial charge >= 0.3 is 0 Å². The average molecular weight is 273 g/mol. The molecule has 0 fully saturated rings. The Kier molecular flexibility index (Phi) is 4.19. The van der Waals surface area contributed by atoms with E-state index >= 15 is 0 Å². The first-order chi connectivity index (χ1) is 9.56. The number of aromatic nitrogens is 3. The van der Waals surface area contributed by atoms with E-state index in [1.165, 1.54) is 0 Å². The molecule has 106 valence electrons. The Balaban J connectivity index is 2.18. The van der Waals surface area contributed by atoms with Crippen LogP contribution in [0.4, 0.5) is 23.5 Å². The van der Waals surface area contributed by atoms with E-state index in [2.05, 4.69) is 25.8 Å². The minimum atomic E-state index is 0.469. The summed E-state index contributed by atoms with van der Waals surface area (Å²) >= 11 is 0. The van der Waals surface area contributed by atoms with Gasteiger partial charge < -0.3 is 9.80 Å². The third-order valence-corrected chi connectivity index (χ3v) is 2.50. The number of rotatable bonds is 5. The molecule has 1 aromatic heterocycles. The zero-order chi connectivity index (χ0) is 14.5. The van der Waals surface area contributed by atoms with Crippen LogP contribution in [0.15, 0.2) is 30.3 Å². The Morgan fingerprint density at radius 1 is 0.750 bits per heavy atom. The number of nitrogens with one attached hydrogen (secondary N) is 2. The van der Waals surface area contributed by atoms with Gasteiger partial charge in [-0.3, -0.25) is 10.9 Å². The van der Waals surface area contributed by atoms with Crippen molar-refractivity contribution in [2.45, 2.75) is 0 Å². The van der Waals surface area contributed by atoms with Gasteiger partial charge in [0.15, 0.2) is 0 Å². The molecule has 0 aliphatic carbocycles. The number of nitrogens with zero attached hydrogens (tertiary/aromatic N) is 5. The molecule has 0 radical (unpaired) electrons. The van der Waals surface area contributed by atoms with Crippen molar-refractivity contribution in [3.63, 3.8) is 0 Å². The molecule has 0 aliphatic heterocycles. The van der Waals surface area contributed by atoms with Gasteiger partial charge in [-0.1, -0.05) is 18.2 Å². The largest absolute Gasteiger partial charge is 0.347 e. The number of para-hydroxylation sites is 1. The summed E-state index contributed by atoms with van der Waals surface area (Å²) in [7, 11) is 7.57. The summed E-state index contributed by atoms with van der Waals surface area (Å²) in [4.78, 5) is 16.7. The topological polar surface area (TPSA) is 69.2 Å². The van der Waals surface area contributed by atoms with Crippen LogP contribution in [0.25, 0.3) is 0 Å². The molecule has 0 bridgehead atoms.